The van der Waals surface area contributed by atoms with E-state index in [9.17, 15) is 0 Å². The Kier molecular flexibility index (Phi) is 4.25. The number of aromatic nitrogens is 1. The van der Waals surface area contributed by atoms with E-state index in [-0.39, 0.29) is 5.92 Å². The molecule has 0 radical (unpaired) electrons. The molecular formula is C19H24GeN2. The van der Waals surface area contributed by atoms with Crippen LogP contribution in [0.5, 0.6) is 0 Å². The normalized spacial score (nSPS) is 13.5. The average Bonchev–Trinajstić information content (AvgIpc) is 2.53. The van der Waals surface area contributed by atoms with E-state index in [0.29, 0.717) is 5.56 Å². The first-order chi connectivity index (χ1) is 11.1. The van der Waals surface area contributed by atoms with Gasteiger partial charge in [-0.1, -0.05) is 0 Å². The van der Waals surface area contributed by atoms with Crippen LogP contribution < -0.4 is 4.40 Å². The molecule has 0 unspecified atom stereocenters. The molecule has 0 fully saturated rings. The van der Waals surface area contributed by atoms with Crippen molar-refractivity contribution in [2.75, 3.05) is 0 Å². The summed E-state index contributed by atoms with van der Waals surface area (Å²) in [6.07, 6.45) is 0.487. The second-order valence-electron chi connectivity index (χ2n) is 6.85. The molecule has 0 N–H and O–H groups in total. The van der Waals surface area contributed by atoms with Crippen molar-refractivity contribution < 1.29 is 2.74 Å². The molecule has 0 spiro atoms. The summed E-state index contributed by atoms with van der Waals surface area (Å²) in [5.74, 6) is 6.67. The van der Waals surface area contributed by atoms with Crippen LogP contribution in [0.2, 0.25) is 17.3 Å². The third-order valence-electron chi connectivity index (χ3n) is 3.47. The van der Waals surface area contributed by atoms with Gasteiger partial charge in [0.2, 0.25) is 0 Å². The second kappa shape index (κ2) is 6.66. The van der Waals surface area contributed by atoms with Gasteiger partial charge in [0.1, 0.15) is 0 Å². The molecule has 114 valence electrons. The fourth-order valence-corrected chi connectivity index (χ4v) is 5.30. The minimum atomic E-state index is -2.25. The minimum absolute atomic E-state index is 0.114. The zero-order valence-corrected chi connectivity index (χ0v) is 16.0. The molecule has 0 bridgehead atoms. The van der Waals surface area contributed by atoms with E-state index in [1.54, 1.807) is 12.1 Å². The predicted molar refractivity (Wildman–Crippen MR) is 95.9 cm³/mol. The molecule has 0 aliphatic rings. The van der Waals surface area contributed by atoms with Crippen LogP contribution in [0, 0.1) is 17.2 Å². The number of nitriles is 1. The Bertz CT molecular complexity index is 769. The maximum atomic E-state index is 8.93. The summed E-state index contributed by atoms with van der Waals surface area (Å²) < 4.78 is 18.3. The number of hydrogen-bond acceptors (Lipinski definition) is 2. The third-order valence-corrected chi connectivity index (χ3v) is 7.69. The van der Waals surface area contributed by atoms with Gasteiger partial charge in [-0.15, -0.1) is 0 Å². The van der Waals surface area contributed by atoms with Crippen molar-refractivity contribution >= 4 is 17.7 Å². The van der Waals surface area contributed by atoms with E-state index in [1.807, 2.05) is 38.2 Å². The van der Waals surface area contributed by atoms with Crippen molar-refractivity contribution in [3.63, 3.8) is 0 Å². The number of pyridine rings is 1. The van der Waals surface area contributed by atoms with Gasteiger partial charge < -0.3 is 0 Å². The summed E-state index contributed by atoms with van der Waals surface area (Å²) in [7, 11) is 0. The zero-order valence-electron chi connectivity index (χ0n) is 15.9. The number of nitrogens with zero attached hydrogens (tertiary/aromatic N) is 2. The van der Waals surface area contributed by atoms with Crippen molar-refractivity contribution in [2.24, 2.45) is 5.92 Å². The monoisotopic (exact) mass is 356 g/mol. The van der Waals surface area contributed by atoms with Gasteiger partial charge in [-0.25, -0.2) is 0 Å². The van der Waals surface area contributed by atoms with Gasteiger partial charge in [-0.3, -0.25) is 0 Å². The van der Waals surface area contributed by atoms with Crippen molar-refractivity contribution in [3.05, 3.63) is 47.7 Å². The molecule has 0 saturated carbocycles. The second-order valence-corrected chi connectivity index (χ2v) is 17.4. The van der Waals surface area contributed by atoms with Gasteiger partial charge >= 0.3 is 139 Å². The molecule has 0 aliphatic heterocycles. The summed E-state index contributed by atoms with van der Waals surface area (Å²) >= 11 is -2.25. The maximum absolute atomic E-state index is 8.93. The Morgan fingerprint density at radius 2 is 1.86 bits per heavy atom. The van der Waals surface area contributed by atoms with Crippen LogP contribution in [-0.2, 0) is 6.37 Å². The summed E-state index contributed by atoms with van der Waals surface area (Å²) in [5.41, 5.74) is 3.05. The molecule has 1 heterocycles. The van der Waals surface area contributed by atoms with Crippen molar-refractivity contribution in [1.82, 2.24) is 4.98 Å². The van der Waals surface area contributed by atoms with Gasteiger partial charge in [-0.2, -0.15) is 0 Å². The summed E-state index contributed by atoms with van der Waals surface area (Å²) in [6, 6.07) is 11.3. The third kappa shape index (κ3) is 3.98. The number of benzene rings is 1. The Labute approximate surface area is 139 Å². The van der Waals surface area contributed by atoms with Gasteiger partial charge in [0, 0.05) is 0 Å². The van der Waals surface area contributed by atoms with E-state index >= 15 is 0 Å². The van der Waals surface area contributed by atoms with Crippen LogP contribution >= 0.6 is 0 Å². The Morgan fingerprint density at radius 3 is 2.36 bits per heavy atom. The summed E-state index contributed by atoms with van der Waals surface area (Å²) in [5, 5.41) is 8.93. The molecule has 1 aromatic carbocycles. The van der Waals surface area contributed by atoms with Gasteiger partial charge in [-0.05, 0) is 0 Å². The van der Waals surface area contributed by atoms with Crippen LogP contribution in [0.1, 0.15) is 27.7 Å². The van der Waals surface area contributed by atoms with Gasteiger partial charge in [0.25, 0.3) is 0 Å². The Balaban J connectivity index is 2.63. The first-order valence-electron chi connectivity index (χ1n) is 8.59. The van der Waals surface area contributed by atoms with E-state index in [1.165, 1.54) is 0 Å². The zero-order chi connectivity index (χ0) is 18.1. The Morgan fingerprint density at radius 1 is 1.23 bits per heavy atom. The van der Waals surface area contributed by atoms with E-state index < -0.39 is 19.6 Å². The molecule has 0 saturated heterocycles. The van der Waals surface area contributed by atoms with Crippen molar-refractivity contribution in [3.8, 4) is 17.3 Å². The van der Waals surface area contributed by atoms with E-state index in [4.69, 9.17) is 8.00 Å². The SMILES string of the molecule is [2H]C([2H])(c1cc(-c2ccc(C#N)cc2)nc[c]1[Ge]([CH3])([CH3])[CH3])C(C)C. The fraction of sp³-hybridized carbons (Fsp3) is 0.368. The quantitative estimate of drug-likeness (QED) is 0.764. The topological polar surface area (TPSA) is 36.7 Å². The molecule has 2 aromatic rings. The van der Waals surface area contributed by atoms with E-state index in [2.05, 4.69) is 28.3 Å². The van der Waals surface area contributed by atoms with E-state index in [0.717, 1.165) is 21.2 Å². The summed E-state index contributed by atoms with van der Waals surface area (Å²) in [6.45, 7) is 3.84. The Hall–Kier alpha value is -1.60. The molecular weight excluding hydrogens is 329 g/mol. The summed E-state index contributed by atoms with van der Waals surface area (Å²) in [4.78, 5) is 4.60. The van der Waals surface area contributed by atoms with Crippen LogP contribution in [0.4, 0.5) is 0 Å². The van der Waals surface area contributed by atoms with Crippen LogP contribution in [0.3, 0.4) is 0 Å². The van der Waals surface area contributed by atoms with Crippen molar-refractivity contribution in [2.45, 2.75) is 37.5 Å². The molecule has 3 heteroatoms. The number of hydrogen-bond donors (Lipinski definition) is 0. The fourth-order valence-electron chi connectivity index (χ4n) is 2.36. The van der Waals surface area contributed by atoms with Crippen LogP contribution in [-0.4, -0.2) is 18.3 Å². The standard InChI is InChI=1S/C19H24GeN2/c1-14(2)10-17-11-19(22-13-18(17)20(3,4)5)16-8-6-15(12-21)7-9-16/h6-9,11,13-14H,10H2,1-5H3/i10D2. The first kappa shape index (κ1) is 14.0. The predicted octanol–water partition coefficient (Wildman–Crippen LogP) is 4.36. The van der Waals surface area contributed by atoms with Gasteiger partial charge in [0.15, 0.2) is 0 Å². The first-order valence-corrected chi connectivity index (χ1v) is 14.9. The van der Waals surface area contributed by atoms with Crippen molar-refractivity contribution in [1.29, 1.82) is 5.26 Å². The molecule has 2 nitrogen and oxygen atoms in total. The molecule has 0 atom stereocenters. The number of rotatable bonds is 4. The van der Waals surface area contributed by atoms with Crippen LogP contribution in [0.25, 0.3) is 11.3 Å². The molecule has 0 amide bonds. The molecule has 0 aliphatic carbocycles. The molecule has 2 rings (SSSR count). The average molecular weight is 355 g/mol. The van der Waals surface area contributed by atoms with Gasteiger partial charge in [0.05, 0.1) is 0 Å². The van der Waals surface area contributed by atoms with Crippen LogP contribution in [0.15, 0.2) is 36.5 Å². The molecule has 22 heavy (non-hydrogen) atoms. The molecule has 1 aromatic heterocycles.